The largest absolute Gasteiger partial charge is 0.316 e. The summed E-state index contributed by atoms with van der Waals surface area (Å²) in [5.74, 6) is 1.21. The lowest BCUT2D eigenvalue weighted by atomic mass is 9.82. The fourth-order valence-electron chi connectivity index (χ4n) is 2.44. The lowest BCUT2D eigenvalue weighted by molar-refractivity contribution is 0.300. The lowest BCUT2D eigenvalue weighted by Crippen LogP contribution is -2.36. The van der Waals surface area contributed by atoms with Gasteiger partial charge in [0.25, 0.3) is 0 Å². The average molecular weight is 270 g/mol. The van der Waals surface area contributed by atoms with Crippen molar-refractivity contribution in [1.29, 1.82) is 0 Å². The molecule has 0 aromatic heterocycles. The third kappa shape index (κ3) is 3.25. The van der Waals surface area contributed by atoms with E-state index in [-0.39, 0.29) is 0 Å². The molecule has 3 heteroatoms. The van der Waals surface area contributed by atoms with Crippen LogP contribution in [0.4, 0.5) is 0 Å². The van der Waals surface area contributed by atoms with E-state index in [1.165, 1.54) is 12.0 Å². The second-order valence-corrected chi connectivity index (χ2v) is 5.42. The van der Waals surface area contributed by atoms with Gasteiger partial charge in [-0.1, -0.05) is 35.3 Å². The molecule has 1 heterocycles. The summed E-state index contributed by atoms with van der Waals surface area (Å²) in [6.07, 6.45) is 4.31. The minimum Gasteiger partial charge on any atom is -0.316 e. The quantitative estimate of drug-likeness (QED) is 0.820. The Balaban J connectivity index is 2.08. The molecule has 0 radical (unpaired) electrons. The van der Waals surface area contributed by atoms with E-state index in [4.69, 9.17) is 23.2 Å². The smallest absolute Gasteiger partial charge is 0.0595 e. The first-order chi connectivity index (χ1) is 8.20. The number of benzene rings is 1. The molecule has 0 spiro atoms. The molecule has 2 unspecified atom stereocenters. The van der Waals surface area contributed by atoms with Crippen LogP contribution in [0.1, 0.15) is 12.0 Å². The number of hydrogen-bond donors (Lipinski definition) is 1. The predicted octanol–water partition coefficient (Wildman–Crippen LogP) is 3.95. The van der Waals surface area contributed by atoms with E-state index in [2.05, 4.69) is 24.0 Å². The van der Waals surface area contributed by atoms with Gasteiger partial charge in [0.15, 0.2) is 0 Å². The van der Waals surface area contributed by atoms with Crippen LogP contribution in [0.25, 0.3) is 0 Å². The molecule has 1 saturated heterocycles. The highest BCUT2D eigenvalue weighted by molar-refractivity contribution is 6.42. The Morgan fingerprint density at radius 2 is 2.18 bits per heavy atom. The molecule has 1 aliphatic heterocycles. The molecule has 0 amide bonds. The maximum absolute atomic E-state index is 6.04. The van der Waals surface area contributed by atoms with Gasteiger partial charge in [0.2, 0.25) is 0 Å². The van der Waals surface area contributed by atoms with Gasteiger partial charge >= 0.3 is 0 Å². The number of piperidine rings is 1. The van der Waals surface area contributed by atoms with Crippen molar-refractivity contribution < 1.29 is 0 Å². The molecule has 1 nitrogen and oxygen atoms in total. The van der Waals surface area contributed by atoms with Crippen molar-refractivity contribution in [2.24, 2.45) is 11.8 Å². The van der Waals surface area contributed by atoms with Crippen LogP contribution in [0.2, 0.25) is 10.0 Å². The zero-order chi connectivity index (χ0) is 12.3. The van der Waals surface area contributed by atoms with Gasteiger partial charge < -0.3 is 5.32 Å². The second-order valence-electron chi connectivity index (χ2n) is 4.61. The predicted molar refractivity (Wildman–Crippen MR) is 74.8 cm³/mol. The van der Waals surface area contributed by atoms with E-state index in [0.717, 1.165) is 19.5 Å². The molecule has 17 heavy (non-hydrogen) atoms. The highest BCUT2D eigenvalue weighted by atomic mass is 35.5. The summed E-state index contributed by atoms with van der Waals surface area (Å²) in [4.78, 5) is 0. The van der Waals surface area contributed by atoms with Gasteiger partial charge in [-0.25, -0.2) is 0 Å². The fourth-order valence-corrected chi connectivity index (χ4v) is 2.76. The molecule has 2 atom stereocenters. The third-order valence-corrected chi connectivity index (χ3v) is 4.20. The monoisotopic (exact) mass is 269 g/mol. The lowest BCUT2D eigenvalue weighted by Gasteiger charge is -2.30. The van der Waals surface area contributed by atoms with E-state index in [9.17, 15) is 0 Å². The Hall–Kier alpha value is -0.500. The molecule has 1 aliphatic rings. The summed E-state index contributed by atoms with van der Waals surface area (Å²) in [6, 6.07) is 5.92. The fraction of sp³-hybridized carbons (Fsp3) is 0.429. The van der Waals surface area contributed by atoms with Crippen LogP contribution in [0.5, 0.6) is 0 Å². The van der Waals surface area contributed by atoms with Crippen LogP contribution in [0.3, 0.4) is 0 Å². The minimum absolute atomic E-state index is 0.554. The molecule has 0 aliphatic carbocycles. The van der Waals surface area contributed by atoms with Gasteiger partial charge in [0, 0.05) is 6.54 Å². The number of hydrogen-bond acceptors (Lipinski definition) is 1. The van der Waals surface area contributed by atoms with Gasteiger partial charge in [0.1, 0.15) is 0 Å². The van der Waals surface area contributed by atoms with E-state index in [1.54, 1.807) is 0 Å². The van der Waals surface area contributed by atoms with Gasteiger partial charge in [-0.15, -0.1) is 6.58 Å². The summed E-state index contributed by atoms with van der Waals surface area (Å²) in [7, 11) is 0. The van der Waals surface area contributed by atoms with Crippen LogP contribution in [-0.4, -0.2) is 13.1 Å². The molecular weight excluding hydrogens is 253 g/mol. The van der Waals surface area contributed by atoms with Crippen LogP contribution in [0, 0.1) is 11.8 Å². The second kappa shape index (κ2) is 5.90. The standard InChI is InChI=1S/C14H17Cl2N/c1-2-11-9-17-6-5-12(11)7-10-3-4-13(15)14(16)8-10/h2-4,8,11-12,17H,1,5-7,9H2. The Morgan fingerprint density at radius 3 is 2.88 bits per heavy atom. The van der Waals surface area contributed by atoms with Crippen molar-refractivity contribution in [3.05, 3.63) is 46.5 Å². The van der Waals surface area contributed by atoms with E-state index in [0.29, 0.717) is 21.9 Å². The van der Waals surface area contributed by atoms with Crippen molar-refractivity contribution in [2.45, 2.75) is 12.8 Å². The zero-order valence-corrected chi connectivity index (χ0v) is 11.3. The molecule has 1 aromatic carbocycles. The van der Waals surface area contributed by atoms with E-state index >= 15 is 0 Å². The van der Waals surface area contributed by atoms with Gasteiger partial charge in [0.05, 0.1) is 10.0 Å². The Kier molecular flexibility index (Phi) is 4.49. The Morgan fingerprint density at radius 1 is 1.35 bits per heavy atom. The average Bonchev–Trinajstić information content (AvgIpc) is 2.34. The molecule has 92 valence electrons. The van der Waals surface area contributed by atoms with Gasteiger partial charge in [-0.3, -0.25) is 0 Å². The Bertz CT molecular complexity index is 403. The van der Waals surface area contributed by atoms with Gasteiger partial charge in [-0.05, 0) is 48.9 Å². The van der Waals surface area contributed by atoms with E-state index < -0.39 is 0 Å². The summed E-state index contributed by atoms with van der Waals surface area (Å²) in [6.45, 7) is 6.05. The highest BCUT2D eigenvalue weighted by Gasteiger charge is 2.22. The van der Waals surface area contributed by atoms with Crippen molar-refractivity contribution in [2.75, 3.05) is 13.1 Å². The Labute approximate surface area is 113 Å². The first-order valence-corrected chi connectivity index (χ1v) is 6.73. The topological polar surface area (TPSA) is 12.0 Å². The minimum atomic E-state index is 0.554. The molecule has 0 bridgehead atoms. The van der Waals surface area contributed by atoms with Crippen LogP contribution in [-0.2, 0) is 6.42 Å². The number of halogens is 2. The molecule has 0 saturated carbocycles. The van der Waals surface area contributed by atoms with Crippen LogP contribution >= 0.6 is 23.2 Å². The van der Waals surface area contributed by atoms with Crippen molar-refractivity contribution in [1.82, 2.24) is 5.32 Å². The molecule has 1 aromatic rings. The van der Waals surface area contributed by atoms with Gasteiger partial charge in [-0.2, -0.15) is 0 Å². The van der Waals surface area contributed by atoms with Crippen LogP contribution < -0.4 is 5.32 Å². The molecule has 1 fully saturated rings. The maximum Gasteiger partial charge on any atom is 0.0595 e. The first-order valence-electron chi connectivity index (χ1n) is 5.98. The SMILES string of the molecule is C=CC1CNCCC1Cc1ccc(Cl)c(Cl)c1. The summed E-state index contributed by atoms with van der Waals surface area (Å²) in [5, 5.41) is 4.68. The van der Waals surface area contributed by atoms with Crippen molar-refractivity contribution in [3.63, 3.8) is 0 Å². The summed E-state index contributed by atoms with van der Waals surface area (Å²) < 4.78 is 0. The van der Waals surface area contributed by atoms with Crippen molar-refractivity contribution >= 4 is 23.2 Å². The third-order valence-electron chi connectivity index (χ3n) is 3.46. The van der Waals surface area contributed by atoms with E-state index in [1.807, 2.05) is 12.1 Å². The molecule has 1 N–H and O–H groups in total. The van der Waals surface area contributed by atoms with Crippen LogP contribution in [0.15, 0.2) is 30.9 Å². The van der Waals surface area contributed by atoms with Crippen molar-refractivity contribution in [3.8, 4) is 0 Å². The summed E-state index contributed by atoms with van der Waals surface area (Å²) in [5.41, 5.74) is 1.26. The summed E-state index contributed by atoms with van der Waals surface area (Å²) >= 11 is 12.0. The first kappa shape index (κ1) is 12.9. The molecule has 2 rings (SSSR count). The number of nitrogens with one attached hydrogen (secondary N) is 1. The zero-order valence-electron chi connectivity index (χ0n) is 9.76. The molecular formula is C14H17Cl2N. The maximum atomic E-state index is 6.04. The number of rotatable bonds is 3. The normalized spacial score (nSPS) is 24.6. The highest BCUT2D eigenvalue weighted by Crippen LogP contribution is 2.28.